The van der Waals surface area contributed by atoms with Gasteiger partial charge in [0.1, 0.15) is 11.5 Å². The first-order valence-electron chi connectivity index (χ1n) is 8.05. The molecule has 1 heterocycles. The Morgan fingerprint density at radius 3 is 2.43 bits per heavy atom. The topological polar surface area (TPSA) is 79.9 Å². The summed E-state index contributed by atoms with van der Waals surface area (Å²) in [4.78, 5) is 25.3. The van der Waals surface area contributed by atoms with Gasteiger partial charge in [-0.05, 0) is 30.3 Å². The van der Waals surface area contributed by atoms with Crippen molar-refractivity contribution in [3.8, 4) is 11.5 Å². The van der Waals surface area contributed by atoms with Gasteiger partial charge in [-0.2, -0.15) is 13.2 Å². The van der Waals surface area contributed by atoms with Gasteiger partial charge in [-0.15, -0.1) is 0 Å². The summed E-state index contributed by atoms with van der Waals surface area (Å²) < 4.78 is 48.7. The number of hydrogen-bond acceptors (Lipinski definition) is 4. The summed E-state index contributed by atoms with van der Waals surface area (Å²) in [5.41, 5.74) is 0.0461. The number of rotatable bonds is 3. The average molecular weight is 395 g/mol. The Labute approximate surface area is 158 Å². The van der Waals surface area contributed by atoms with Crippen LogP contribution in [0.25, 0.3) is 0 Å². The summed E-state index contributed by atoms with van der Waals surface area (Å²) in [5, 5.41) is 4.99. The Kier molecular flexibility index (Phi) is 5.04. The number of nitrogens with zero attached hydrogens (tertiary/aromatic N) is 1. The van der Waals surface area contributed by atoms with Crippen LogP contribution in [-0.4, -0.2) is 32.7 Å². The molecular formula is C18H16F3N3O4. The second-order valence-electron chi connectivity index (χ2n) is 5.92. The highest BCUT2D eigenvalue weighted by Crippen LogP contribution is 2.37. The maximum absolute atomic E-state index is 12.9. The zero-order valence-corrected chi connectivity index (χ0v) is 14.9. The summed E-state index contributed by atoms with van der Waals surface area (Å²) in [5.74, 6) is -0.136. The minimum absolute atomic E-state index is 0.0630. The summed E-state index contributed by atoms with van der Waals surface area (Å²) >= 11 is 0. The lowest BCUT2D eigenvalue weighted by molar-refractivity contribution is -0.138. The fraction of sp³-hybridized carbons (Fsp3) is 0.222. The Morgan fingerprint density at radius 2 is 1.79 bits per heavy atom. The van der Waals surface area contributed by atoms with Crippen LogP contribution in [-0.2, 0) is 11.0 Å². The number of ether oxygens (including phenoxy) is 2. The van der Waals surface area contributed by atoms with E-state index in [1.165, 1.54) is 4.90 Å². The molecule has 0 bridgehead atoms. The van der Waals surface area contributed by atoms with Crippen LogP contribution in [0, 0.1) is 0 Å². The number of carbonyl (C=O) groups excluding carboxylic acids is 2. The third kappa shape index (κ3) is 3.95. The number of alkyl halides is 3. The van der Waals surface area contributed by atoms with E-state index in [1.807, 2.05) is 0 Å². The molecular weight excluding hydrogens is 379 g/mol. The number of halogens is 3. The van der Waals surface area contributed by atoms with Gasteiger partial charge in [0, 0.05) is 24.5 Å². The number of fused-ring (bicyclic) bond motifs is 1. The SMILES string of the molecule is COc1cc(NC(=O)Nc2ccc3c(c2)N(C)C(=O)CO3)ccc1C(F)(F)F. The van der Waals surface area contributed by atoms with Crippen molar-refractivity contribution >= 4 is 29.0 Å². The molecule has 1 aliphatic heterocycles. The molecule has 148 valence electrons. The molecule has 0 spiro atoms. The molecule has 0 aromatic heterocycles. The summed E-state index contributed by atoms with van der Waals surface area (Å²) in [7, 11) is 2.70. The van der Waals surface area contributed by atoms with Gasteiger partial charge in [0.2, 0.25) is 0 Å². The maximum Gasteiger partial charge on any atom is 0.419 e. The Bertz CT molecular complexity index is 931. The standard InChI is InChI=1S/C18H16F3N3O4/c1-24-13-7-10(4-6-14(13)28-9-16(24)25)22-17(26)23-11-3-5-12(18(19,20)21)15(8-11)27-2/h3-8H,9H2,1-2H3,(H2,22,23,26). The lowest BCUT2D eigenvalue weighted by Crippen LogP contribution is -2.35. The first-order valence-corrected chi connectivity index (χ1v) is 8.05. The van der Waals surface area contributed by atoms with E-state index >= 15 is 0 Å². The maximum atomic E-state index is 12.9. The van der Waals surface area contributed by atoms with E-state index in [0.29, 0.717) is 17.1 Å². The zero-order chi connectivity index (χ0) is 20.5. The summed E-state index contributed by atoms with van der Waals surface area (Å²) in [6, 6.07) is 7.09. The summed E-state index contributed by atoms with van der Waals surface area (Å²) in [6.45, 7) is -0.0630. The lowest BCUT2D eigenvalue weighted by Gasteiger charge is -2.26. The van der Waals surface area contributed by atoms with Crippen LogP contribution in [0.2, 0.25) is 0 Å². The highest BCUT2D eigenvalue weighted by Gasteiger charge is 2.34. The molecule has 28 heavy (non-hydrogen) atoms. The number of urea groups is 1. The van der Waals surface area contributed by atoms with Crippen molar-refractivity contribution in [1.29, 1.82) is 0 Å². The molecule has 7 nitrogen and oxygen atoms in total. The molecule has 10 heteroatoms. The number of likely N-dealkylation sites (N-methyl/N-ethyl adjacent to an activating group) is 1. The molecule has 2 aromatic carbocycles. The lowest BCUT2D eigenvalue weighted by atomic mass is 10.1. The first kappa shape index (κ1) is 19.3. The number of anilines is 3. The normalized spacial score (nSPS) is 13.5. The molecule has 3 rings (SSSR count). The minimum Gasteiger partial charge on any atom is -0.496 e. The van der Waals surface area contributed by atoms with Gasteiger partial charge < -0.3 is 25.0 Å². The van der Waals surface area contributed by atoms with Gasteiger partial charge in [-0.1, -0.05) is 0 Å². The number of hydrogen-bond donors (Lipinski definition) is 2. The van der Waals surface area contributed by atoms with Gasteiger partial charge in [0.15, 0.2) is 6.61 Å². The molecule has 1 aliphatic rings. The quantitative estimate of drug-likeness (QED) is 0.830. The molecule has 0 saturated heterocycles. The van der Waals surface area contributed by atoms with Gasteiger partial charge in [-0.3, -0.25) is 4.79 Å². The van der Waals surface area contributed by atoms with Crippen molar-refractivity contribution in [2.75, 3.05) is 36.3 Å². The van der Waals surface area contributed by atoms with E-state index in [4.69, 9.17) is 9.47 Å². The molecule has 2 N–H and O–H groups in total. The van der Waals surface area contributed by atoms with E-state index in [2.05, 4.69) is 10.6 Å². The van der Waals surface area contributed by atoms with E-state index in [1.54, 1.807) is 25.2 Å². The molecule has 3 amide bonds. The van der Waals surface area contributed by atoms with Gasteiger partial charge in [-0.25, -0.2) is 4.79 Å². The van der Waals surface area contributed by atoms with Crippen molar-refractivity contribution in [2.24, 2.45) is 0 Å². The number of amides is 3. The first-order chi connectivity index (χ1) is 13.2. The molecule has 0 fully saturated rings. The van der Waals surface area contributed by atoms with Gasteiger partial charge >= 0.3 is 12.2 Å². The van der Waals surface area contributed by atoms with Crippen molar-refractivity contribution < 1.29 is 32.2 Å². The summed E-state index contributed by atoms with van der Waals surface area (Å²) in [6.07, 6.45) is -4.57. The molecule has 0 unspecified atom stereocenters. The Morgan fingerprint density at radius 1 is 1.14 bits per heavy atom. The number of benzene rings is 2. The van der Waals surface area contributed by atoms with Crippen LogP contribution in [0.1, 0.15) is 5.56 Å². The Hall–Kier alpha value is -3.43. The highest BCUT2D eigenvalue weighted by atomic mass is 19.4. The minimum atomic E-state index is -4.57. The number of carbonyl (C=O) groups is 2. The number of methoxy groups -OCH3 is 1. The van der Waals surface area contributed by atoms with Crippen LogP contribution in [0.15, 0.2) is 36.4 Å². The predicted molar refractivity (Wildman–Crippen MR) is 96.0 cm³/mol. The molecule has 0 saturated carbocycles. The van der Waals surface area contributed by atoms with Crippen molar-refractivity contribution in [3.63, 3.8) is 0 Å². The van der Waals surface area contributed by atoms with Crippen LogP contribution in [0.3, 0.4) is 0 Å². The van der Waals surface area contributed by atoms with Crippen LogP contribution in [0.5, 0.6) is 11.5 Å². The highest BCUT2D eigenvalue weighted by molar-refractivity contribution is 6.02. The van der Waals surface area contributed by atoms with E-state index < -0.39 is 23.5 Å². The molecule has 0 atom stereocenters. The Balaban J connectivity index is 1.74. The molecule has 2 aromatic rings. The van der Waals surface area contributed by atoms with Crippen molar-refractivity contribution in [3.05, 3.63) is 42.0 Å². The second-order valence-corrected chi connectivity index (χ2v) is 5.92. The van der Waals surface area contributed by atoms with E-state index in [-0.39, 0.29) is 18.2 Å². The largest absolute Gasteiger partial charge is 0.496 e. The van der Waals surface area contributed by atoms with Crippen molar-refractivity contribution in [2.45, 2.75) is 6.18 Å². The molecule has 0 aliphatic carbocycles. The number of nitrogens with one attached hydrogen (secondary N) is 2. The van der Waals surface area contributed by atoms with Gasteiger partial charge in [0.05, 0.1) is 18.4 Å². The third-order valence-electron chi connectivity index (χ3n) is 4.07. The zero-order valence-electron chi connectivity index (χ0n) is 14.9. The van der Waals surface area contributed by atoms with Crippen LogP contribution in [0.4, 0.5) is 35.0 Å². The van der Waals surface area contributed by atoms with E-state index in [0.717, 1.165) is 25.3 Å². The van der Waals surface area contributed by atoms with Gasteiger partial charge in [0.25, 0.3) is 5.91 Å². The molecule has 0 radical (unpaired) electrons. The van der Waals surface area contributed by atoms with Crippen molar-refractivity contribution in [1.82, 2.24) is 0 Å². The third-order valence-corrected chi connectivity index (χ3v) is 4.07. The predicted octanol–water partition coefficient (Wildman–Crippen LogP) is 3.71. The fourth-order valence-corrected chi connectivity index (χ4v) is 2.65. The smallest absolute Gasteiger partial charge is 0.419 e. The van der Waals surface area contributed by atoms with Crippen LogP contribution < -0.4 is 25.0 Å². The van der Waals surface area contributed by atoms with E-state index in [9.17, 15) is 22.8 Å². The van der Waals surface area contributed by atoms with Crippen LogP contribution >= 0.6 is 0 Å². The fourth-order valence-electron chi connectivity index (χ4n) is 2.65. The average Bonchev–Trinajstić information content (AvgIpc) is 2.64. The second kappa shape index (κ2) is 7.29. The monoisotopic (exact) mass is 395 g/mol.